The molecule has 3 aromatic rings. The Labute approximate surface area is 188 Å². The smallest absolute Gasteiger partial charge is 0.267 e. The van der Waals surface area contributed by atoms with Crippen molar-refractivity contribution in [3.8, 4) is 5.75 Å². The number of anilines is 2. The van der Waals surface area contributed by atoms with E-state index in [1.54, 1.807) is 36.4 Å². The second-order valence-corrected chi connectivity index (χ2v) is 10.1. The van der Waals surface area contributed by atoms with Gasteiger partial charge in [0.05, 0.1) is 17.1 Å². The minimum absolute atomic E-state index is 0.122. The van der Waals surface area contributed by atoms with Crippen molar-refractivity contribution in [1.82, 2.24) is 0 Å². The number of fused-ring (bicyclic) bond motifs is 1. The lowest BCUT2D eigenvalue weighted by molar-refractivity contribution is -0.122. The van der Waals surface area contributed by atoms with Crippen LogP contribution in [0.2, 0.25) is 0 Å². The zero-order valence-corrected chi connectivity index (χ0v) is 19.4. The van der Waals surface area contributed by atoms with Gasteiger partial charge in [-0.2, -0.15) is 0 Å². The largest absolute Gasteiger partial charge is 0.476 e. The second-order valence-electron chi connectivity index (χ2n) is 8.22. The molecule has 3 aromatic carbocycles. The number of amides is 1. The summed E-state index contributed by atoms with van der Waals surface area (Å²) in [6.45, 7) is 7.63. The van der Waals surface area contributed by atoms with Gasteiger partial charge in [0.15, 0.2) is 6.10 Å². The zero-order valence-electron chi connectivity index (χ0n) is 18.5. The van der Waals surface area contributed by atoms with E-state index < -0.39 is 22.0 Å². The average Bonchev–Trinajstić information content (AvgIpc) is 2.75. The van der Waals surface area contributed by atoms with Gasteiger partial charge in [-0.15, -0.1) is 0 Å². The molecule has 32 heavy (non-hydrogen) atoms. The first-order valence-corrected chi connectivity index (χ1v) is 11.8. The fourth-order valence-electron chi connectivity index (χ4n) is 3.60. The third-order valence-electron chi connectivity index (χ3n) is 5.66. The summed E-state index contributed by atoms with van der Waals surface area (Å²) < 4.78 is 34.2. The molecule has 6 nitrogen and oxygen atoms in total. The summed E-state index contributed by atoms with van der Waals surface area (Å²) in [5.74, 6) is -0.0308. The Kier molecular flexibility index (Phi) is 5.69. The maximum Gasteiger partial charge on any atom is 0.267 e. The number of sulfonamides is 1. The molecule has 0 fully saturated rings. The molecule has 1 heterocycles. The second kappa shape index (κ2) is 8.31. The van der Waals surface area contributed by atoms with Crippen molar-refractivity contribution in [3.05, 3.63) is 82.9 Å². The molecule has 1 aliphatic heterocycles. The van der Waals surface area contributed by atoms with Gasteiger partial charge in [0, 0.05) is 5.69 Å². The van der Waals surface area contributed by atoms with Gasteiger partial charge in [-0.25, -0.2) is 8.42 Å². The highest BCUT2D eigenvalue weighted by Gasteiger charge is 2.37. The van der Waals surface area contributed by atoms with E-state index in [0.29, 0.717) is 17.1 Å². The van der Waals surface area contributed by atoms with Gasteiger partial charge in [0.2, 0.25) is 0 Å². The number of benzene rings is 3. The summed E-state index contributed by atoms with van der Waals surface area (Å²) in [6.07, 6.45) is -0.994. The Morgan fingerprint density at radius 1 is 0.906 bits per heavy atom. The van der Waals surface area contributed by atoms with E-state index in [1.165, 1.54) is 4.31 Å². The number of aryl methyl sites for hydroxylation is 4. The van der Waals surface area contributed by atoms with E-state index in [1.807, 2.05) is 52.0 Å². The van der Waals surface area contributed by atoms with Crippen molar-refractivity contribution >= 4 is 27.3 Å². The lowest BCUT2D eigenvalue weighted by Gasteiger charge is -2.35. The highest BCUT2D eigenvalue weighted by atomic mass is 32.2. The summed E-state index contributed by atoms with van der Waals surface area (Å²) in [7, 11) is -3.88. The molecule has 0 spiro atoms. The van der Waals surface area contributed by atoms with Crippen LogP contribution in [0.3, 0.4) is 0 Å². The maximum atomic E-state index is 13.5. The van der Waals surface area contributed by atoms with Gasteiger partial charge in [-0.1, -0.05) is 29.8 Å². The minimum atomic E-state index is -3.88. The summed E-state index contributed by atoms with van der Waals surface area (Å²) in [5.41, 5.74) is 5.11. The molecule has 0 radical (unpaired) electrons. The Morgan fingerprint density at radius 2 is 1.59 bits per heavy atom. The summed E-state index contributed by atoms with van der Waals surface area (Å²) in [4.78, 5) is 13.2. The molecule has 4 rings (SSSR count). The van der Waals surface area contributed by atoms with Crippen LogP contribution >= 0.6 is 0 Å². The number of ether oxygens (including phenoxy) is 1. The Balaban J connectivity index is 1.69. The monoisotopic (exact) mass is 450 g/mol. The molecule has 1 N–H and O–H groups in total. The SMILES string of the molecule is Cc1ccc(S(=O)(=O)N2CC(C(=O)Nc3ccc(C)c(C)c3)Oc3cc(C)ccc32)cc1. The number of hydrogen-bond donors (Lipinski definition) is 1. The van der Waals surface area contributed by atoms with Crippen molar-refractivity contribution in [3.63, 3.8) is 0 Å². The highest BCUT2D eigenvalue weighted by Crippen LogP contribution is 2.38. The topological polar surface area (TPSA) is 75.7 Å². The van der Waals surface area contributed by atoms with Crippen LogP contribution in [0.4, 0.5) is 11.4 Å². The third kappa shape index (κ3) is 4.21. The van der Waals surface area contributed by atoms with Crippen molar-refractivity contribution in [2.24, 2.45) is 0 Å². The van der Waals surface area contributed by atoms with Gasteiger partial charge in [-0.05, 0) is 80.8 Å². The van der Waals surface area contributed by atoms with E-state index >= 15 is 0 Å². The summed E-state index contributed by atoms with van der Waals surface area (Å²) in [6, 6.07) is 17.6. The Morgan fingerprint density at radius 3 is 2.28 bits per heavy atom. The summed E-state index contributed by atoms with van der Waals surface area (Å²) in [5, 5.41) is 2.86. The molecule has 1 amide bonds. The molecule has 0 bridgehead atoms. The molecule has 1 unspecified atom stereocenters. The Bertz CT molecular complexity index is 1280. The molecule has 166 valence electrons. The predicted molar refractivity (Wildman–Crippen MR) is 126 cm³/mol. The number of carbonyl (C=O) groups is 1. The van der Waals surface area contributed by atoms with E-state index in [-0.39, 0.29) is 11.4 Å². The molecule has 0 aliphatic carbocycles. The highest BCUT2D eigenvalue weighted by molar-refractivity contribution is 7.92. The quantitative estimate of drug-likeness (QED) is 0.634. The van der Waals surface area contributed by atoms with Crippen molar-refractivity contribution in [2.45, 2.75) is 38.7 Å². The van der Waals surface area contributed by atoms with Crippen LogP contribution in [0, 0.1) is 27.7 Å². The lowest BCUT2D eigenvalue weighted by atomic mass is 10.1. The first-order valence-electron chi connectivity index (χ1n) is 10.4. The van der Waals surface area contributed by atoms with Crippen LogP contribution in [0.15, 0.2) is 65.6 Å². The molecule has 0 saturated heterocycles. The van der Waals surface area contributed by atoms with E-state index in [2.05, 4.69) is 5.32 Å². The van der Waals surface area contributed by atoms with Gasteiger partial charge in [0.25, 0.3) is 15.9 Å². The van der Waals surface area contributed by atoms with Crippen LogP contribution in [0.25, 0.3) is 0 Å². The van der Waals surface area contributed by atoms with Gasteiger partial charge in [0.1, 0.15) is 5.75 Å². The van der Waals surface area contributed by atoms with Gasteiger partial charge >= 0.3 is 0 Å². The zero-order chi connectivity index (χ0) is 23.0. The minimum Gasteiger partial charge on any atom is -0.476 e. The lowest BCUT2D eigenvalue weighted by Crippen LogP contribution is -2.48. The number of nitrogens with zero attached hydrogens (tertiary/aromatic N) is 1. The fourth-order valence-corrected chi connectivity index (χ4v) is 5.08. The van der Waals surface area contributed by atoms with Crippen molar-refractivity contribution in [1.29, 1.82) is 0 Å². The number of rotatable bonds is 4. The van der Waals surface area contributed by atoms with Gasteiger partial charge in [-0.3, -0.25) is 9.10 Å². The first kappa shape index (κ1) is 21.9. The fraction of sp³-hybridized carbons (Fsp3) is 0.240. The third-order valence-corrected chi connectivity index (χ3v) is 7.45. The molecule has 1 atom stereocenters. The molecular weight excluding hydrogens is 424 g/mol. The number of hydrogen-bond acceptors (Lipinski definition) is 4. The Hall–Kier alpha value is -3.32. The van der Waals surface area contributed by atoms with E-state index in [9.17, 15) is 13.2 Å². The molecular formula is C25H26N2O4S. The molecule has 7 heteroatoms. The van der Waals surface area contributed by atoms with Crippen LogP contribution < -0.4 is 14.4 Å². The average molecular weight is 451 g/mol. The normalized spacial score (nSPS) is 15.6. The van der Waals surface area contributed by atoms with Crippen LogP contribution in [-0.4, -0.2) is 27.0 Å². The standard InChI is InChI=1S/C25H26N2O4S/c1-16-5-10-21(11-6-16)32(29,30)27-15-24(31-23-13-17(2)7-12-22(23)27)25(28)26-20-9-8-18(3)19(4)14-20/h5-14,24H,15H2,1-4H3,(H,26,28). The van der Waals surface area contributed by atoms with Crippen LogP contribution in [0.1, 0.15) is 22.3 Å². The number of nitrogens with one attached hydrogen (secondary N) is 1. The van der Waals surface area contributed by atoms with E-state index in [0.717, 1.165) is 22.3 Å². The van der Waals surface area contributed by atoms with Gasteiger partial charge < -0.3 is 10.1 Å². The predicted octanol–water partition coefficient (Wildman–Crippen LogP) is 4.52. The molecule has 0 saturated carbocycles. The maximum absolute atomic E-state index is 13.5. The van der Waals surface area contributed by atoms with E-state index in [4.69, 9.17) is 4.74 Å². The number of carbonyl (C=O) groups excluding carboxylic acids is 1. The molecule has 0 aromatic heterocycles. The van der Waals surface area contributed by atoms with Crippen LogP contribution in [0.5, 0.6) is 5.75 Å². The van der Waals surface area contributed by atoms with Crippen LogP contribution in [-0.2, 0) is 14.8 Å². The summed E-state index contributed by atoms with van der Waals surface area (Å²) >= 11 is 0. The van der Waals surface area contributed by atoms with Crippen molar-refractivity contribution in [2.75, 3.05) is 16.2 Å². The van der Waals surface area contributed by atoms with Crippen molar-refractivity contribution < 1.29 is 17.9 Å². The molecule has 1 aliphatic rings. The first-order chi connectivity index (χ1) is 15.1.